The van der Waals surface area contributed by atoms with E-state index in [0.29, 0.717) is 24.2 Å². The third-order valence-corrected chi connectivity index (χ3v) is 9.46. The molecule has 0 unspecified atom stereocenters. The van der Waals surface area contributed by atoms with Crippen LogP contribution in [0.5, 0.6) is 0 Å². The lowest BCUT2D eigenvalue weighted by atomic mass is 9.46. The van der Waals surface area contributed by atoms with Crippen LogP contribution in [0.1, 0.15) is 72.1 Å². The fourth-order valence-electron chi connectivity index (χ4n) is 7.47. The van der Waals surface area contributed by atoms with Gasteiger partial charge in [0.05, 0.1) is 12.0 Å². The fourth-order valence-corrected chi connectivity index (χ4v) is 7.70. The summed E-state index contributed by atoms with van der Waals surface area (Å²) in [6, 6.07) is 0. The van der Waals surface area contributed by atoms with E-state index < -0.39 is 15.7 Å². The molecule has 0 aromatic carbocycles. The summed E-state index contributed by atoms with van der Waals surface area (Å²) in [4.78, 5) is 0. The number of nitrogens with zero attached hydrogens (tertiary/aromatic N) is 1. The molecule has 1 N–H and O–H groups in total. The van der Waals surface area contributed by atoms with Gasteiger partial charge in [0, 0.05) is 5.41 Å². The first kappa shape index (κ1) is 20.9. The number of terminal acetylenes is 1. The summed E-state index contributed by atoms with van der Waals surface area (Å²) in [6.07, 6.45) is 14.4. The number of aliphatic hydroxyl groups is 1. The van der Waals surface area contributed by atoms with Crippen molar-refractivity contribution in [3.05, 3.63) is 11.1 Å². The average molecular weight is 420 g/mol. The van der Waals surface area contributed by atoms with Crippen molar-refractivity contribution in [2.45, 2.75) is 77.7 Å². The summed E-state index contributed by atoms with van der Waals surface area (Å²) in [5.41, 5.74) is 2.26. The summed E-state index contributed by atoms with van der Waals surface area (Å²) in [5.74, 6) is 4.39. The van der Waals surface area contributed by atoms with Crippen molar-refractivity contribution in [1.29, 1.82) is 0 Å². The minimum atomic E-state index is -3.59. The molecule has 4 rings (SSSR count). The summed E-state index contributed by atoms with van der Waals surface area (Å²) in [5, 5.41) is 15.1. The molecule has 0 heterocycles. The van der Waals surface area contributed by atoms with E-state index in [9.17, 15) is 13.5 Å². The van der Waals surface area contributed by atoms with E-state index in [4.69, 9.17) is 10.7 Å². The molecule has 4 aliphatic rings. The van der Waals surface area contributed by atoms with E-state index in [-0.39, 0.29) is 10.8 Å². The summed E-state index contributed by atoms with van der Waals surface area (Å²) in [7, 11) is -3.59. The maximum atomic E-state index is 11.3. The topological polar surface area (TPSA) is 76.0 Å². The van der Waals surface area contributed by atoms with E-state index >= 15 is 0 Å². The van der Waals surface area contributed by atoms with Crippen molar-refractivity contribution in [2.75, 3.05) is 6.26 Å². The van der Waals surface area contributed by atoms with Crippen molar-refractivity contribution < 1.29 is 17.8 Å². The number of hydrogen-bond acceptors (Lipinski definition) is 5. The first-order chi connectivity index (χ1) is 13.5. The highest BCUT2D eigenvalue weighted by atomic mass is 32.2. The SMILES string of the molecule is C#C[C@]1(O)CC[C@H]2[C@@H]3CCC4=C(C)/C(=N/OS(C)(=O)=O)CC[C@]4(C)[C@H]3CC[C@@]21C. The van der Waals surface area contributed by atoms with Gasteiger partial charge in [-0.2, -0.15) is 8.42 Å². The summed E-state index contributed by atoms with van der Waals surface area (Å²) >= 11 is 0. The molecule has 4 aliphatic carbocycles. The van der Waals surface area contributed by atoms with Crippen molar-refractivity contribution in [3.8, 4) is 12.3 Å². The van der Waals surface area contributed by atoms with Crippen molar-refractivity contribution >= 4 is 15.8 Å². The molecule has 0 radical (unpaired) electrons. The molecule has 0 spiro atoms. The third-order valence-electron chi connectivity index (χ3n) is 9.11. The van der Waals surface area contributed by atoms with Gasteiger partial charge in [0.15, 0.2) is 0 Å². The lowest BCUT2D eigenvalue weighted by Gasteiger charge is -2.59. The van der Waals surface area contributed by atoms with Gasteiger partial charge in [0.2, 0.25) is 0 Å². The number of oxime groups is 1. The second kappa shape index (κ2) is 6.59. The predicted octanol–water partition coefficient (Wildman–Crippen LogP) is 4.04. The largest absolute Gasteiger partial charge is 0.377 e. The first-order valence-corrected chi connectivity index (χ1v) is 12.6. The van der Waals surface area contributed by atoms with Crippen LogP contribution in [0.15, 0.2) is 16.3 Å². The highest BCUT2D eigenvalue weighted by Gasteiger charge is 2.63. The van der Waals surface area contributed by atoms with Crippen LogP contribution in [0.2, 0.25) is 0 Å². The van der Waals surface area contributed by atoms with Gasteiger partial charge >= 0.3 is 10.1 Å². The Morgan fingerprint density at radius 1 is 1.14 bits per heavy atom. The molecule has 3 saturated carbocycles. The van der Waals surface area contributed by atoms with Crippen molar-refractivity contribution in [2.24, 2.45) is 33.7 Å². The fraction of sp³-hybridized carbons (Fsp3) is 0.783. The Bertz CT molecular complexity index is 929. The van der Waals surface area contributed by atoms with E-state index in [1.165, 1.54) is 5.57 Å². The Balaban J connectivity index is 1.66. The Hall–Kier alpha value is -1.32. The molecule has 6 heteroatoms. The van der Waals surface area contributed by atoms with Crippen molar-refractivity contribution in [3.63, 3.8) is 0 Å². The van der Waals surface area contributed by atoms with Gasteiger partial charge < -0.3 is 5.11 Å². The highest BCUT2D eigenvalue weighted by Crippen LogP contribution is 2.67. The molecule has 160 valence electrons. The Morgan fingerprint density at radius 2 is 1.83 bits per heavy atom. The van der Waals surface area contributed by atoms with Gasteiger partial charge in [-0.3, -0.25) is 4.28 Å². The Kier molecular flexibility index (Phi) is 4.76. The Labute approximate surface area is 175 Å². The number of fused-ring (bicyclic) bond motifs is 5. The first-order valence-electron chi connectivity index (χ1n) is 10.8. The van der Waals surface area contributed by atoms with Gasteiger partial charge in [-0.15, -0.1) is 6.42 Å². The van der Waals surface area contributed by atoms with Crippen LogP contribution in [0.3, 0.4) is 0 Å². The molecule has 0 aliphatic heterocycles. The zero-order chi connectivity index (χ0) is 21.2. The molecular weight excluding hydrogens is 386 g/mol. The van der Waals surface area contributed by atoms with Crippen LogP contribution in [0.4, 0.5) is 0 Å². The van der Waals surface area contributed by atoms with Crippen LogP contribution in [0, 0.1) is 40.9 Å². The second-order valence-electron chi connectivity index (χ2n) is 10.3. The number of hydrogen-bond donors (Lipinski definition) is 1. The van der Waals surface area contributed by atoms with E-state index in [0.717, 1.165) is 62.5 Å². The van der Waals surface area contributed by atoms with Gasteiger partial charge in [-0.25, -0.2) is 0 Å². The molecule has 6 atom stereocenters. The van der Waals surface area contributed by atoms with E-state index in [1.54, 1.807) is 0 Å². The minimum absolute atomic E-state index is 0.106. The second-order valence-corrected chi connectivity index (χ2v) is 11.8. The molecule has 0 amide bonds. The van der Waals surface area contributed by atoms with Crippen LogP contribution in [-0.4, -0.2) is 31.1 Å². The smallest absolute Gasteiger partial charge is 0.325 e. The molecule has 0 aromatic rings. The van der Waals surface area contributed by atoms with Crippen LogP contribution < -0.4 is 0 Å². The van der Waals surface area contributed by atoms with Crippen LogP contribution in [-0.2, 0) is 14.4 Å². The van der Waals surface area contributed by atoms with Gasteiger partial charge in [0.25, 0.3) is 0 Å². The summed E-state index contributed by atoms with van der Waals surface area (Å²) in [6.45, 7) is 6.67. The van der Waals surface area contributed by atoms with Gasteiger partial charge in [-0.1, -0.05) is 30.5 Å². The third kappa shape index (κ3) is 2.99. The average Bonchev–Trinajstić information content (AvgIpc) is 2.92. The lowest BCUT2D eigenvalue weighted by molar-refractivity contribution is -0.0989. The molecule has 0 bridgehead atoms. The maximum Gasteiger partial charge on any atom is 0.325 e. The van der Waals surface area contributed by atoms with Gasteiger partial charge in [0.1, 0.15) is 5.60 Å². The zero-order valence-corrected chi connectivity index (χ0v) is 18.8. The highest BCUT2D eigenvalue weighted by molar-refractivity contribution is 7.85. The van der Waals surface area contributed by atoms with Crippen molar-refractivity contribution in [1.82, 2.24) is 0 Å². The minimum Gasteiger partial charge on any atom is -0.377 e. The normalized spacial score (nSPS) is 45.9. The van der Waals surface area contributed by atoms with E-state index in [1.807, 2.05) is 0 Å². The summed E-state index contributed by atoms with van der Waals surface area (Å²) < 4.78 is 27.4. The Morgan fingerprint density at radius 3 is 2.48 bits per heavy atom. The van der Waals surface area contributed by atoms with Gasteiger partial charge in [-0.05, 0) is 87.0 Å². The molecule has 0 aromatic heterocycles. The monoisotopic (exact) mass is 419 g/mol. The van der Waals surface area contributed by atoms with Crippen LogP contribution in [0.25, 0.3) is 0 Å². The van der Waals surface area contributed by atoms with Crippen LogP contribution >= 0.6 is 0 Å². The number of rotatable bonds is 2. The molecular formula is C23H33NO4S. The quantitative estimate of drug-likeness (QED) is 0.541. The zero-order valence-electron chi connectivity index (χ0n) is 18.0. The molecule has 5 nitrogen and oxygen atoms in total. The molecule has 29 heavy (non-hydrogen) atoms. The number of allylic oxidation sites excluding steroid dienone is 2. The van der Waals surface area contributed by atoms with E-state index in [2.05, 4.69) is 31.8 Å². The standard InChI is InChI=1S/C23H33NO4S/c1-6-23(25)14-10-19-16-7-8-17-15(2)20(24-28-29(5,26)27)11-12-21(17,3)18(16)9-13-22(19,23)4/h1,16,18-19,25H,7-14H2,2-5H3/b24-20+/t16-,18+,19+,21+,22+,23+/m1/s1. The predicted molar refractivity (Wildman–Crippen MR) is 113 cm³/mol. The maximum absolute atomic E-state index is 11.3. The molecule has 3 fully saturated rings. The molecule has 0 saturated heterocycles. The lowest BCUT2D eigenvalue weighted by Crippen LogP contribution is -2.54.